The van der Waals surface area contributed by atoms with Gasteiger partial charge in [-0.1, -0.05) is 20.8 Å². The van der Waals surface area contributed by atoms with Gasteiger partial charge in [0.15, 0.2) is 8.32 Å². The van der Waals surface area contributed by atoms with Crippen molar-refractivity contribution in [2.45, 2.75) is 90.8 Å². The van der Waals surface area contributed by atoms with Crippen LogP contribution in [0.25, 0.3) is 0 Å². The lowest BCUT2D eigenvalue weighted by molar-refractivity contribution is 0.00578. The molecule has 142 valence electrons. The van der Waals surface area contributed by atoms with Gasteiger partial charge in [0.1, 0.15) is 0 Å². The van der Waals surface area contributed by atoms with Gasteiger partial charge in [-0.3, -0.25) is 4.68 Å². The fourth-order valence-corrected chi connectivity index (χ4v) is 3.46. The maximum absolute atomic E-state index is 6.23. The molecule has 1 aliphatic heterocycles. The zero-order valence-corrected chi connectivity index (χ0v) is 18.5. The number of hydrogen-bond acceptors (Lipinski definition) is 4. The normalized spacial score (nSPS) is 20.3. The fraction of sp³-hybridized carbons (Fsp3) is 0.833. The molecule has 0 amide bonds. The van der Waals surface area contributed by atoms with E-state index in [1.54, 1.807) is 0 Å². The van der Waals surface area contributed by atoms with Crippen LogP contribution in [0.2, 0.25) is 18.1 Å². The second-order valence-corrected chi connectivity index (χ2v) is 14.4. The summed E-state index contributed by atoms with van der Waals surface area (Å²) in [5.41, 5.74) is 0.331. The van der Waals surface area contributed by atoms with Crippen LogP contribution in [0.3, 0.4) is 0 Å². The Labute approximate surface area is 154 Å². The molecule has 0 atom stereocenters. The maximum atomic E-state index is 6.23. The van der Waals surface area contributed by atoms with Crippen molar-refractivity contribution >= 4 is 20.9 Å². The van der Waals surface area contributed by atoms with Crippen LogP contribution in [0.4, 0.5) is 0 Å². The lowest BCUT2D eigenvalue weighted by atomic mass is 9.82. The Kier molecular flexibility index (Phi) is 5.65. The van der Waals surface area contributed by atoms with Gasteiger partial charge in [0.2, 0.25) is 0 Å². The van der Waals surface area contributed by atoms with Crippen molar-refractivity contribution in [3.05, 3.63) is 12.4 Å². The summed E-state index contributed by atoms with van der Waals surface area (Å²) < 4.78 is 20.3. The van der Waals surface area contributed by atoms with Crippen LogP contribution in [0.15, 0.2) is 12.4 Å². The standard InChI is InChI=1S/C18H35BN2O3Si/c1-16(2,3)25(8,9)22-12-10-11-21-14-15(13-20-21)19-23-17(4,5)18(6,7)24-19/h13-14H,10-12H2,1-9H3. The van der Waals surface area contributed by atoms with E-state index in [1.165, 1.54) is 0 Å². The summed E-state index contributed by atoms with van der Waals surface area (Å²) in [5.74, 6) is 0. The summed E-state index contributed by atoms with van der Waals surface area (Å²) in [6, 6.07) is 0. The molecule has 2 heterocycles. The summed E-state index contributed by atoms with van der Waals surface area (Å²) >= 11 is 0. The second kappa shape index (κ2) is 6.83. The molecule has 1 aromatic rings. The molecule has 0 saturated carbocycles. The minimum absolute atomic E-state index is 0.253. The third kappa shape index (κ3) is 4.56. The molecule has 1 saturated heterocycles. The van der Waals surface area contributed by atoms with E-state index < -0.39 is 8.32 Å². The second-order valence-electron chi connectivity index (χ2n) is 9.59. The molecule has 0 spiro atoms. The van der Waals surface area contributed by atoms with Crippen molar-refractivity contribution in [3.63, 3.8) is 0 Å². The van der Waals surface area contributed by atoms with Crippen LogP contribution in [0.1, 0.15) is 54.9 Å². The van der Waals surface area contributed by atoms with Crippen molar-refractivity contribution in [2.24, 2.45) is 0 Å². The predicted octanol–water partition coefficient (Wildman–Crippen LogP) is 3.59. The molecule has 1 aliphatic rings. The first-order valence-corrected chi connectivity index (χ1v) is 12.2. The summed E-state index contributed by atoms with van der Waals surface area (Å²) in [7, 11) is -2.01. The molecule has 0 radical (unpaired) electrons. The largest absolute Gasteiger partial charge is 0.498 e. The Bertz CT molecular complexity index is 577. The number of nitrogens with zero attached hydrogens (tertiary/aromatic N) is 2. The van der Waals surface area contributed by atoms with Gasteiger partial charge in [0.05, 0.1) is 11.2 Å². The number of rotatable bonds is 6. The molecular weight excluding hydrogens is 331 g/mol. The van der Waals surface area contributed by atoms with E-state index in [9.17, 15) is 0 Å². The fourth-order valence-electron chi connectivity index (χ4n) is 2.37. The van der Waals surface area contributed by atoms with Gasteiger partial charge < -0.3 is 13.7 Å². The third-order valence-corrected chi connectivity index (χ3v) is 10.5. The van der Waals surface area contributed by atoms with Crippen LogP contribution in [-0.4, -0.2) is 43.0 Å². The summed E-state index contributed by atoms with van der Waals surface area (Å²) in [4.78, 5) is 0. The van der Waals surface area contributed by atoms with E-state index in [0.29, 0.717) is 0 Å². The first-order chi connectivity index (χ1) is 11.3. The van der Waals surface area contributed by atoms with Gasteiger partial charge in [0, 0.05) is 31.0 Å². The van der Waals surface area contributed by atoms with Crippen molar-refractivity contribution in [3.8, 4) is 0 Å². The first kappa shape index (κ1) is 20.7. The van der Waals surface area contributed by atoms with Crippen molar-refractivity contribution in [1.29, 1.82) is 0 Å². The predicted molar refractivity (Wildman–Crippen MR) is 106 cm³/mol. The minimum Gasteiger partial charge on any atom is -0.417 e. The average Bonchev–Trinajstić information content (AvgIpc) is 2.97. The highest BCUT2D eigenvalue weighted by Crippen LogP contribution is 2.37. The van der Waals surface area contributed by atoms with Crippen molar-refractivity contribution in [1.82, 2.24) is 9.78 Å². The van der Waals surface area contributed by atoms with Crippen LogP contribution >= 0.6 is 0 Å². The van der Waals surface area contributed by atoms with E-state index in [1.807, 2.05) is 17.1 Å². The molecule has 5 nitrogen and oxygen atoms in total. The van der Waals surface area contributed by atoms with Crippen LogP contribution in [0.5, 0.6) is 0 Å². The maximum Gasteiger partial charge on any atom is 0.498 e. The Morgan fingerprint density at radius 1 is 1.16 bits per heavy atom. The third-order valence-electron chi connectivity index (χ3n) is 5.98. The zero-order valence-electron chi connectivity index (χ0n) is 17.5. The van der Waals surface area contributed by atoms with Gasteiger partial charge in [-0.05, 0) is 52.2 Å². The molecule has 7 heteroatoms. The highest BCUT2D eigenvalue weighted by atomic mass is 28.4. The Hall–Kier alpha value is -0.628. The van der Waals surface area contributed by atoms with E-state index in [2.05, 4.69) is 66.7 Å². The van der Waals surface area contributed by atoms with Crippen LogP contribution in [0, 0.1) is 0 Å². The highest BCUT2D eigenvalue weighted by Gasteiger charge is 2.52. The summed E-state index contributed by atoms with van der Waals surface area (Å²) in [6.45, 7) is 21.3. The molecule has 0 unspecified atom stereocenters. The van der Waals surface area contributed by atoms with Gasteiger partial charge in [-0.2, -0.15) is 5.10 Å². The summed E-state index contributed by atoms with van der Waals surface area (Å²) in [6.07, 6.45) is 4.82. The van der Waals surface area contributed by atoms with Crippen molar-refractivity contribution < 1.29 is 13.7 Å². The molecule has 0 aliphatic carbocycles. The molecule has 1 fully saturated rings. The lowest BCUT2D eigenvalue weighted by Crippen LogP contribution is -2.41. The molecular formula is C18H35BN2O3Si. The smallest absolute Gasteiger partial charge is 0.417 e. The van der Waals surface area contributed by atoms with Gasteiger partial charge in [0.25, 0.3) is 0 Å². The van der Waals surface area contributed by atoms with Gasteiger partial charge in [-0.15, -0.1) is 0 Å². The minimum atomic E-state index is -1.66. The summed E-state index contributed by atoms with van der Waals surface area (Å²) in [5, 5.41) is 4.70. The molecule has 1 aromatic heterocycles. The monoisotopic (exact) mass is 366 g/mol. The SMILES string of the molecule is CC1(C)OB(c2cnn(CCCO[Si](C)(C)C(C)(C)C)c2)OC1(C)C. The Morgan fingerprint density at radius 2 is 1.72 bits per heavy atom. The molecule has 2 rings (SSSR count). The van der Waals surface area contributed by atoms with Crippen LogP contribution < -0.4 is 5.46 Å². The number of aryl methyl sites for hydroxylation is 1. The Morgan fingerprint density at radius 3 is 2.24 bits per heavy atom. The first-order valence-electron chi connectivity index (χ1n) is 9.27. The topological polar surface area (TPSA) is 45.5 Å². The lowest BCUT2D eigenvalue weighted by Gasteiger charge is -2.36. The van der Waals surface area contributed by atoms with E-state index in [-0.39, 0.29) is 23.4 Å². The van der Waals surface area contributed by atoms with E-state index in [4.69, 9.17) is 13.7 Å². The highest BCUT2D eigenvalue weighted by molar-refractivity contribution is 6.74. The molecule has 0 N–H and O–H groups in total. The number of aromatic nitrogens is 2. The quantitative estimate of drug-likeness (QED) is 0.570. The molecule has 0 aromatic carbocycles. The molecule has 25 heavy (non-hydrogen) atoms. The molecule has 0 bridgehead atoms. The zero-order chi connectivity index (χ0) is 19.1. The van der Waals surface area contributed by atoms with Gasteiger partial charge >= 0.3 is 7.12 Å². The van der Waals surface area contributed by atoms with E-state index >= 15 is 0 Å². The average molecular weight is 366 g/mol. The Balaban J connectivity index is 1.85. The number of hydrogen-bond donors (Lipinski definition) is 0. The van der Waals surface area contributed by atoms with E-state index in [0.717, 1.165) is 25.0 Å². The van der Waals surface area contributed by atoms with Crippen molar-refractivity contribution in [2.75, 3.05) is 6.61 Å². The van der Waals surface area contributed by atoms with Crippen LogP contribution in [-0.2, 0) is 20.3 Å². The van der Waals surface area contributed by atoms with Gasteiger partial charge in [-0.25, -0.2) is 0 Å².